The van der Waals surface area contributed by atoms with Gasteiger partial charge in [0.2, 0.25) is 0 Å². The number of halogens is 3. The van der Waals surface area contributed by atoms with E-state index in [0.29, 0.717) is 38.2 Å². The largest absolute Gasteiger partial charge is 0.433 e. The van der Waals surface area contributed by atoms with Crippen LogP contribution in [0.3, 0.4) is 0 Å². The summed E-state index contributed by atoms with van der Waals surface area (Å²) in [5.41, 5.74) is -0.0455. The molecule has 1 aromatic heterocycles. The van der Waals surface area contributed by atoms with Gasteiger partial charge in [0.05, 0.1) is 11.8 Å². The molecule has 0 aromatic carbocycles. The molecule has 0 bridgehead atoms. The minimum absolute atomic E-state index is 0.0503. The maximum absolute atomic E-state index is 13.1. The molecule has 1 fully saturated rings. The molecule has 0 aliphatic carbocycles. The standard InChI is InChI=1S/C13H16F3N3O/c14-13(15,16)12-9-3-4-17-7-10(9)18-11(19-12)6-8-2-1-5-20-8/h8,17H,1-7H2. The number of rotatable bonds is 2. The van der Waals surface area contributed by atoms with E-state index in [0.717, 1.165) is 12.8 Å². The first-order chi connectivity index (χ1) is 9.54. The van der Waals surface area contributed by atoms with E-state index in [9.17, 15) is 13.2 Å². The highest BCUT2D eigenvalue weighted by Gasteiger charge is 2.38. The third-order valence-electron chi connectivity index (χ3n) is 3.69. The van der Waals surface area contributed by atoms with Gasteiger partial charge in [0, 0.05) is 25.1 Å². The molecule has 3 heterocycles. The first kappa shape index (κ1) is 13.8. The number of hydrogen-bond donors (Lipinski definition) is 1. The van der Waals surface area contributed by atoms with E-state index in [-0.39, 0.29) is 17.5 Å². The van der Waals surface area contributed by atoms with Crippen LogP contribution in [0.4, 0.5) is 13.2 Å². The van der Waals surface area contributed by atoms with Gasteiger partial charge in [-0.25, -0.2) is 9.97 Å². The highest BCUT2D eigenvalue weighted by Crippen LogP contribution is 2.33. The lowest BCUT2D eigenvalue weighted by atomic mass is 10.0. The molecule has 20 heavy (non-hydrogen) atoms. The highest BCUT2D eigenvalue weighted by molar-refractivity contribution is 5.30. The van der Waals surface area contributed by atoms with Crippen LogP contribution >= 0.6 is 0 Å². The Hall–Kier alpha value is -1.21. The molecule has 1 unspecified atom stereocenters. The molecular weight excluding hydrogens is 271 g/mol. The normalized spacial score (nSPS) is 22.9. The lowest BCUT2D eigenvalue weighted by Crippen LogP contribution is -2.30. The van der Waals surface area contributed by atoms with Crippen molar-refractivity contribution < 1.29 is 17.9 Å². The van der Waals surface area contributed by atoms with E-state index in [1.54, 1.807) is 0 Å². The van der Waals surface area contributed by atoms with Crippen LogP contribution in [-0.2, 0) is 30.3 Å². The number of hydrogen-bond acceptors (Lipinski definition) is 4. The van der Waals surface area contributed by atoms with Crippen molar-refractivity contribution in [2.24, 2.45) is 0 Å². The van der Waals surface area contributed by atoms with E-state index in [4.69, 9.17) is 4.74 Å². The summed E-state index contributed by atoms with van der Waals surface area (Å²) in [7, 11) is 0. The van der Waals surface area contributed by atoms with Crippen LogP contribution in [0.15, 0.2) is 0 Å². The first-order valence-electron chi connectivity index (χ1n) is 6.82. The fourth-order valence-corrected chi connectivity index (χ4v) is 2.75. The Balaban J connectivity index is 1.94. The summed E-state index contributed by atoms with van der Waals surface area (Å²) >= 11 is 0. The van der Waals surface area contributed by atoms with Gasteiger partial charge in [0.25, 0.3) is 0 Å². The molecular formula is C13H16F3N3O. The Bertz CT molecular complexity index is 498. The molecule has 4 nitrogen and oxygen atoms in total. The SMILES string of the molecule is FC(F)(F)c1nc(CC2CCCO2)nc2c1CCNC2. The fourth-order valence-electron chi connectivity index (χ4n) is 2.75. The molecule has 0 radical (unpaired) electrons. The van der Waals surface area contributed by atoms with Crippen LogP contribution < -0.4 is 5.32 Å². The summed E-state index contributed by atoms with van der Waals surface area (Å²) in [5, 5.41) is 3.05. The van der Waals surface area contributed by atoms with Gasteiger partial charge < -0.3 is 10.1 Å². The van der Waals surface area contributed by atoms with E-state index in [1.165, 1.54) is 0 Å². The number of nitrogens with one attached hydrogen (secondary N) is 1. The van der Waals surface area contributed by atoms with Crippen LogP contribution in [-0.4, -0.2) is 29.2 Å². The predicted molar refractivity (Wildman–Crippen MR) is 65.1 cm³/mol. The summed E-state index contributed by atoms with van der Waals surface area (Å²) in [4.78, 5) is 8.07. The van der Waals surface area contributed by atoms with Crippen molar-refractivity contribution in [2.45, 2.75) is 44.5 Å². The van der Waals surface area contributed by atoms with Crippen molar-refractivity contribution in [1.29, 1.82) is 0 Å². The smallest absolute Gasteiger partial charge is 0.378 e. The second-order valence-corrected chi connectivity index (χ2v) is 5.18. The molecule has 0 amide bonds. The zero-order chi connectivity index (χ0) is 14.2. The van der Waals surface area contributed by atoms with Gasteiger partial charge in [0.1, 0.15) is 5.82 Å². The molecule has 0 spiro atoms. The molecule has 1 atom stereocenters. The quantitative estimate of drug-likeness (QED) is 0.902. The van der Waals surface area contributed by atoms with Crippen molar-refractivity contribution in [3.8, 4) is 0 Å². The minimum atomic E-state index is -4.42. The summed E-state index contributed by atoms with van der Waals surface area (Å²) in [6.45, 7) is 1.58. The Morgan fingerprint density at radius 1 is 1.30 bits per heavy atom. The van der Waals surface area contributed by atoms with E-state index in [1.807, 2.05) is 0 Å². The van der Waals surface area contributed by atoms with Gasteiger partial charge in [-0.3, -0.25) is 0 Å². The van der Waals surface area contributed by atoms with Gasteiger partial charge in [-0.1, -0.05) is 0 Å². The molecule has 1 aromatic rings. The van der Waals surface area contributed by atoms with Gasteiger partial charge in [-0.05, 0) is 25.8 Å². The van der Waals surface area contributed by atoms with E-state index >= 15 is 0 Å². The lowest BCUT2D eigenvalue weighted by molar-refractivity contribution is -0.142. The van der Waals surface area contributed by atoms with Crippen molar-refractivity contribution in [3.05, 3.63) is 22.8 Å². The number of ether oxygens (including phenoxy) is 1. The number of aromatic nitrogens is 2. The van der Waals surface area contributed by atoms with E-state index < -0.39 is 11.9 Å². The van der Waals surface area contributed by atoms with Gasteiger partial charge in [0.15, 0.2) is 5.69 Å². The average Bonchev–Trinajstić information content (AvgIpc) is 2.89. The Kier molecular flexibility index (Phi) is 3.64. The molecule has 110 valence electrons. The van der Waals surface area contributed by atoms with Crippen LogP contribution in [0, 0.1) is 0 Å². The van der Waals surface area contributed by atoms with Crippen LogP contribution in [0.1, 0.15) is 35.6 Å². The molecule has 0 saturated carbocycles. The van der Waals surface area contributed by atoms with Crippen molar-refractivity contribution >= 4 is 0 Å². The van der Waals surface area contributed by atoms with Crippen molar-refractivity contribution in [3.63, 3.8) is 0 Å². The van der Waals surface area contributed by atoms with Crippen molar-refractivity contribution in [1.82, 2.24) is 15.3 Å². The summed E-state index contributed by atoms with van der Waals surface area (Å²) in [5.74, 6) is 0.242. The zero-order valence-electron chi connectivity index (χ0n) is 11.0. The van der Waals surface area contributed by atoms with Crippen molar-refractivity contribution in [2.75, 3.05) is 13.2 Å². The summed E-state index contributed by atoms with van der Waals surface area (Å²) in [6.07, 6.45) is -1.98. The Morgan fingerprint density at radius 2 is 2.15 bits per heavy atom. The van der Waals surface area contributed by atoms with E-state index in [2.05, 4.69) is 15.3 Å². The van der Waals surface area contributed by atoms with Gasteiger partial charge in [-0.2, -0.15) is 13.2 Å². The summed E-state index contributed by atoms with van der Waals surface area (Å²) in [6, 6.07) is 0. The van der Waals surface area contributed by atoms with Gasteiger partial charge in [-0.15, -0.1) is 0 Å². The van der Waals surface area contributed by atoms with Crippen LogP contribution in [0.5, 0.6) is 0 Å². The number of nitrogens with zero attached hydrogens (tertiary/aromatic N) is 2. The number of fused-ring (bicyclic) bond motifs is 1. The predicted octanol–water partition coefficient (Wildman–Crippen LogP) is 1.86. The monoisotopic (exact) mass is 287 g/mol. The second kappa shape index (κ2) is 5.29. The van der Waals surface area contributed by atoms with Gasteiger partial charge >= 0.3 is 6.18 Å². The third kappa shape index (κ3) is 2.78. The highest BCUT2D eigenvalue weighted by atomic mass is 19.4. The molecule has 2 aliphatic heterocycles. The minimum Gasteiger partial charge on any atom is -0.378 e. The average molecular weight is 287 g/mol. The lowest BCUT2D eigenvalue weighted by Gasteiger charge is -2.21. The third-order valence-corrected chi connectivity index (χ3v) is 3.69. The van der Waals surface area contributed by atoms with Crippen LogP contribution in [0.25, 0.3) is 0 Å². The molecule has 1 saturated heterocycles. The molecule has 1 N–H and O–H groups in total. The molecule has 3 rings (SSSR count). The maximum atomic E-state index is 13.1. The Labute approximate surface area is 114 Å². The zero-order valence-corrected chi connectivity index (χ0v) is 11.0. The maximum Gasteiger partial charge on any atom is 0.433 e. The topological polar surface area (TPSA) is 47.0 Å². The first-order valence-corrected chi connectivity index (χ1v) is 6.82. The summed E-state index contributed by atoms with van der Waals surface area (Å²) < 4.78 is 44.8. The number of alkyl halides is 3. The fraction of sp³-hybridized carbons (Fsp3) is 0.692. The van der Waals surface area contributed by atoms with Crippen LogP contribution in [0.2, 0.25) is 0 Å². The molecule has 7 heteroatoms. The molecule has 2 aliphatic rings. The second-order valence-electron chi connectivity index (χ2n) is 5.18. The Morgan fingerprint density at radius 3 is 2.85 bits per heavy atom.